The molecule has 0 spiro atoms. The maximum absolute atomic E-state index is 11.4. The van der Waals surface area contributed by atoms with E-state index in [-0.39, 0.29) is 5.30 Å². The number of benzene rings is 1. The SMILES string of the molecule is CNCCc1c[nH]c2cccc(OC(=O)SC)c12. The quantitative estimate of drug-likeness (QED) is 0.834. The molecule has 1 heterocycles. The van der Waals surface area contributed by atoms with Crippen LogP contribution in [0.1, 0.15) is 5.56 Å². The average molecular weight is 264 g/mol. The van der Waals surface area contributed by atoms with Gasteiger partial charge in [0.1, 0.15) is 5.75 Å². The molecule has 18 heavy (non-hydrogen) atoms. The molecular formula is C13H16N2O2S. The standard InChI is InChI=1S/C13H16N2O2S/c1-14-7-6-9-8-15-10-4-3-5-11(12(9)10)17-13(16)18-2/h3-5,8,14-15H,6-7H2,1-2H3. The van der Waals surface area contributed by atoms with Gasteiger partial charge in [-0.05, 0) is 55.7 Å². The molecule has 0 saturated heterocycles. The molecule has 0 amide bonds. The van der Waals surface area contributed by atoms with Crippen molar-refractivity contribution in [3.05, 3.63) is 30.0 Å². The zero-order chi connectivity index (χ0) is 13.0. The molecule has 4 nitrogen and oxygen atoms in total. The third-order valence-corrected chi connectivity index (χ3v) is 3.17. The lowest BCUT2D eigenvalue weighted by Gasteiger charge is -2.06. The summed E-state index contributed by atoms with van der Waals surface area (Å²) in [5, 5.41) is 3.82. The van der Waals surface area contributed by atoms with Gasteiger partial charge in [0.05, 0.1) is 0 Å². The molecule has 1 aromatic carbocycles. The summed E-state index contributed by atoms with van der Waals surface area (Å²) >= 11 is 1.07. The number of nitrogens with one attached hydrogen (secondary N) is 2. The number of likely N-dealkylation sites (N-methyl/N-ethyl adjacent to an activating group) is 1. The summed E-state index contributed by atoms with van der Waals surface area (Å²) in [6.45, 7) is 0.887. The summed E-state index contributed by atoms with van der Waals surface area (Å²) in [6.07, 6.45) is 4.57. The first-order chi connectivity index (χ1) is 8.76. The highest BCUT2D eigenvalue weighted by molar-refractivity contribution is 8.12. The number of aromatic nitrogens is 1. The van der Waals surface area contributed by atoms with Crippen LogP contribution in [0, 0.1) is 0 Å². The van der Waals surface area contributed by atoms with Crippen LogP contribution in [0.15, 0.2) is 24.4 Å². The van der Waals surface area contributed by atoms with Gasteiger partial charge in [-0.3, -0.25) is 0 Å². The van der Waals surface area contributed by atoms with E-state index in [1.807, 2.05) is 31.4 Å². The smallest absolute Gasteiger partial charge is 0.372 e. The molecule has 0 unspecified atom stereocenters. The van der Waals surface area contributed by atoms with Crippen LogP contribution in [0.4, 0.5) is 4.79 Å². The zero-order valence-electron chi connectivity index (χ0n) is 10.4. The Labute approximate surface area is 110 Å². The van der Waals surface area contributed by atoms with Crippen LogP contribution in [0.25, 0.3) is 10.9 Å². The van der Waals surface area contributed by atoms with Gasteiger partial charge in [0, 0.05) is 17.1 Å². The Balaban J connectivity index is 2.38. The van der Waals surface area contributed by atoms with Gasteiger partial charge in [-0.1, -0.05) is 6.07 Å². The lowest BCUT2D eigenvalue weighted by atomic mass is 10.1. The van der Waals surface area contributed by atoms with Gasteiger partial charge in [0.15, 0.2) is 0 Å². The topological polar surface area (TPSA) is 54.1 Å². The second-order valence-corrected chi connectivity index (χ2v) is 4.64. The molecule has 2 rings (SSSR count). The largest absolute Gasteiger partial charge is 0.418 e. The molecule has 5 heteroatoms. The maximum atomic E-state index is 11.4. The summed E-state index contributed by atoms with van der Waals surface area (Å²) in [7, 11) is 1.92. The lowest BCUT2D eigenvalue weighted by Crippen LogP contribution is -2.10. The van der Waals surface area contributed by atoms with Crippen molar-refractivity contribution in [1.82, 2.24) is 10.3 Å². The monoisotopic (exact) mass is 264 g/mol. The van der Waals surface area contributed by atoms with Crippen LogP contribution in [-0.2, 0) is 6.42 Å². The highest BCUT2D eigenvalue weighted by atomic mass is 32.2. The van der Waals surface area contributed by atoms with E-state index in [2.05, 4.69) is 10.3 Å². The fourth-order valence-corrected chi connectivity index (χ4v) is 2.07. The Kier molecular flexibility index (Phi) is 4.28. The van der Waals surface area contributed by atoms with Crippen molar-refractivity contribution < 1.29 is 9.53 Å². The van der Waals surface area contributed by atoms with E-state index in [1.54, 1.807) is 6.26 Å². The maximum Gasteiger partial charge on any atom is 0.372 e. The van der Waals surface area contributed by atoms with Gasteiger partial charge < -0.3 is 15.0 Å². The summed E-state index contributed by atoms with van der Waals surface area (Å²) < 4.78 is 5.34. The Bertz CT molecular complexity index is 551. The summed E-state index contributed by atoms with van der Waals surface area (Å²) in [5.74, 6) is 0.624. The van der Waals surface area contributed by atoms with Crippen molar-refractivity contribution in [1.29, 1.82) is 0 Å². The van der Waals surface area contributed by atoms with Gasteiger partial charge in [-0.25, -0.2) is 4.79 Å². The van der Waals surface area contributed by atoms with Crippen molar-refractivity contribution in [2.24, 2.45) is 0 Å². The molecule has 0 bridgehead atoms. The Morgan fingerprint density at radius 2 is 2.33 bits per heavy atom. The molecule has 0 atom stereocenters. The Morgan fingerprint density at radius 1 is 1.50 bits per heavy atom. The molecule has 96 valence electrons. The van der Waals surface area contributed by atoms with Crippen LogP contribution >= 0.6 is 11.8 Å². The average Bonchev–Trinajstić information content (AvgIpc) is 2.80. The van der Waals surface area contributed by atoms with Gasteiger partial charge in [0.2, 0.25) is 0 Å². The summed E-state index contributed by atoms with van der Waals surface area (Å²) in [6, 6.07) is 5.69. The first-order valence-electron chi connectivity index (χ1n) is 5.75. The normalized spacial score (nSPS) is 10.8. The van der Waals surface area contributed by atoms with Crippen molar-refractivity contribution >= 4 is 28.0 Å². The van der Waals surface area contributed by atoms with E-state index in [0.29, 0.717) is 5.75 Å². The molecule has 0 aliphatic rings. The third-order valence-electron chi connectivity index (χ3n) is 2.75. The number of ether oxygens (including phenoxy) is 1. The number of carbonyl (C=O) groups excluding carboxylic acids is 1. The fourth-order valence-electron chi connectivity index (χ4n) is 1.89. The number of hydrogen-bond acceptors (Lipinski definition) is 4. The minimum atomic E-state index is -0.289. The van der Waals surface area contributed by atoms with Crippen molar-refractivity contribution in [2.45, 2.75) is 6.42 Å². The van der Waals surface area contributed by atoms with Crippen LogP contribution in [0.3, 0.4) is 0 Å². The molecule has 0 aliphatic carbocycles. The number of fused-ring (bicyclic) bond motifs is 1. The molecule has 2 aromatic rings. The summed E-state index contributed by atoms with van der Waals surface area (Å²) in [4.78, 5) is 14.6. The van der Waals surface area contributed by atoms with Crippen molar-refractivity contribution in [3.63, 3.8) is 0 Å². The van der Waals surface area contributed by atoms with Crippen LogP contribution in [0.2, 0.25) is 0 Å². The number of aromatic amines is 1. The summed E-state index contributed by atoms with van der Waals surface area (Å²) in [5.41, 5.74) is 2.15. The van der Waals surface area contributed by atoms with E-state index < -0.39 is 0 Å². The first-order valence-corrected chi connectivity index (χ1v) is 6.98. The zero-order valence-corrected chi connectivity index (χ0v) is 11.3. The third kappa shape index (κ3) is 2.68. The van der Waals surface area contributed by atoms with Gasteiger partial charge in [0.25, 0.3) is 0 Å². The minimum absolute atomic E-state index is 0.289. The minimum Gasteiger partial charge on any atom is -0.418 e. The molecule has 2 N–H and O–H groups in total. The molecule has 0 fully saturated rings. The number of hydrogen-bond donors (Lipinski definition) is 2. The van der Waals surface area contributed by atoms with Crippen LogP contribution < -0.4 is 10.1 Å². The van der Waals surface area contributed by atoms with Gasteiger partial charge in [-0.15, -0.1) is 0 Å². The number of H-pyrrole nitrogens is 1. The van der Waals surface area contributed by atoms with E-state index in [4.69, 9.17) is 4.74 Å². The highest BCUT2D eigenvalue weighted by Crippen LogP contribution is 2.29. The van der Waals surface area contributed by atoms with E-state index in [1.165, 1.54) is 0 Å². The lowest BCUT2D eigenvalue weighted by molar-refractivity contribution is 0.227. The molecule has 1 aromatic heterocycles. The van der Waals surface area contributed by atoms with E-state index in [0.717, 1.165) is 41.2 Å². The highest BCUT2D eigenvalue weighted by Gasteiger charge is 2.11. The first kappa shape index (κ1) is 13.0. The second-order valence-electron chi connectivity index (χ2n) is 3.90. The molecule has 0 aliphatic heterocycles. The number of thioether (sulfide) groups is 1. The Morgan fingerprint density at radius 3 is 3.06 bits per heavy atom. The van der Waals surface area contributed by atoms with E-state index in [9.17, 15) is 4.79 Å². The van der Waals surface area contributed by atoms with Crippen molar-refractivity contribution in [2.75, 3.05) is 19.8 Å². The van der Waals surface area contributed by atoms with Crippen molar-refractivity contribution in [3.8, 4) is 5.75 Å². The number of carbonyl (C=O) groups is 1. The molecule has 0 saturated carbocycles. The fraction of sp³-hybridized carbons (Fsp3) is 0.308. The molecular weight excluding hydrogens is 248 g/mol. The van der Waals surface area contributed by atoms with E-state index >= 15 is 0 Å². The van der Waals surface area contributed by atoms with Gasteiger partial charge >= 0.3 is 5.30 Å². The van der Waals surface area contributed by atoms with Crippen LogP contribution in [0.5, 0.6) is 5.75 Å². The predicted octanol–water partition coefficient (Wildman–Crippen LogP) is 2.79. The van der Waals surface area contributed by atoms with Gasteiger partial charge in [-0.2, -0.15) is 0 Å². The number of rotatable bonds is 4. The molecule has 0 radical (unpaired) electrons. The van der Waals surface area contributed by atoms with Crippen LogP contribution in [-0.4, -0.2) is 30.1 Å². The predicted molar refractivity (Wildman–Crippen MR) is 75.5 cm³/mol. The second kappa shape index (κ2) is 5.93. The Hall–Kier alpha value is -1.46.